The molecule has 1 aliphatic carbocycles. The molecule has 1 fully saturated rings. The van der Waals surface area contributed by atoms with E-state index in [4.69, 9.17) is 0 Å². The third-order valence-electron chi connectivity index (χ3n) is 3.29. The topological polar surface area (TPSA) is 30.7 Å². The molecule has 0 radical (unpaired) electrons. The van der Waals surface area contributed by atoms with Crippen molar-refractivity contribution in [3.05, 3.63) is 11.6 Å². The summed E-state index contributed by atoms with van der Waals surface area (Å²) in [6.07, 6.45) is 6.67. The largest absolute Gasteiger partial charge is 0.315 e. The summed E-state index contributed by atoms with van der Waals surface area (Å²) in [5.74, 6) is 3.09. The van der Waals surface area contributed by atoms with Crippen molar-refractivity contribution >= 4 is 15.9 Å². The van der Waals surface area contributed by atoms with Gasteiger partial charge in [-0.2, -0.15) is 0 Å². The van der Waals surface area contributed by atoms with E-state index in [1.165, 1.54) is 31.5 Å². The molecule has 1 aromatic heterocycles. The summed E-state index contributed by atoms with van der Waals surface area (Å²) in [6, 6.07) is 0. The predicted molar refractivity (Wildman–Crippen MR) is 64.0 cm³/mol. The highest BCUT2D eigenvalue weighted by molar-refractivity contribution is 9.08. The van der Waals surface area contributed by atoms with Gasteiger partial charge in [-0.3, -0.25) is 0 Å². The van der Waals surface area contributed by atoms with Crippen LogP contribution in [0.1, 0.15) is 44.3 Å². The maximum Gasteiger partial charge on any atom is 0.143 e. The number of rotatable bonds is 4. The van der Waals surface area contributed by atoms with E-state index >= 15 is 0 Å². The number of alkyl halides is 1. The molecule has 15 heavy (non-hydrogen) atoms. The molecule has 0 unspecified atom stereocenters. The molecule has 1 heterocycles. The first-order valence-corrected chi connectivity index (χ1v) is 6.94. The molecule has 0 spiro atoms. The molecule has 0 N–H and O–H groups in total. The van der Waals surface area contributed by atoms with E-state index < -0.39 is 0 Å². The van der Waals surface area contributed by atoms with Crippen molar-refractivity contribution in [2.24, 2.45) is 5.92 Å². The van der Waals surface area contributed by atoms with Crippen molar-refractivity contribution in [1.29, 1.82) is 0 Å². The van der Waals surface area contributed by atoms with Crippen LogP contribution in [0.4, 0.5) is 0 Å². The SMILES string of the molecule is CCn1c(CBr)nnc1CC1CCCC1. The second-order valence-electron chi connectivity index (χ2n) is 4.26. The van der Waals surface area contributed by atoms with Gasteiger partial charge in [0.25, 0.3) is 0 Å². The lowest BCUT2D eigenvalue weighted by Crippen LogP contribution is -2.09. The summed E-state index contributed by atoms with van der Waals surface area (Å²) in [5.41, 5.74) is 0. The van der Waals surface area contributed by atoms with Crippen molar-refractivity contribution in [3.8, 4) is 0 Å². The Morgan fingerprint density at radius 1 is 1.27 bits per heavy atom. The Hall–Kier alpha value is -0.380. The van der Waals surface area contributed by atoms with Gasteiger partial charge >= 0.3 is 0 Å². The van der Waals surface area contributed by atoms with Crippen LogP contribution in [0.2, 0.25) is 0 Å². The molecule has 1 aliphatic rings. The lowest BCUT2D eigenvalue weighted by Gasteiger charge is -2.10. The monoisotopic (exact) mass is 271 g/mol. The van der Waals surface area contributed by atoms with E-state index in [0.717, 1.165) is 30.0 Å². The molecular weight excluding hydrogens is 254 g/mol. The van der Waals surface area contributed by atoms with Crippen molar-refractivity contribution in [2.75, 3.05) is 0 Å². The summed E-state index contributed by atoms with van der Waals surface area (Å²) in [4.78, 5) is 0. The number of hydrogen-bond acceptors (Lipinski definition) is 2. The molecule has 84 valence electrons. The minimum Gasteiger partial charge on any atom is -0.315 e. The summed E-state index contributed by atoms with van der Waals surface area (Å²) in [6.45, 7) is 3.14. The Bertz CT molecular complexity index is 316. The fraction of sp³-hybridized carbons (Fsp3) is 0.818. The van der Waals surface area contributed by atoms with E-state index in [2.05, 4.69) is 37.6 Å². The van der Waals surface area contributed by atoms with E-state index in [9.17, 15) is 0 Å². The van der Waals surface area contributed by atoms with Crippen LogP contribution >= 0.6 is 15.9 Å². The van der Waals surface area contributed by atoms with Gasteiger partial charge in [0.2, 0.25) is 0 Å². The zero-order valence-corrected chi connectivity index (χ0v) is 10.8. The molecule has 0 amide bonds. The Morgan fingerprint density at radius 3 is 2.53 bits per heavy atom. The third kappa shape index (κ3) is 2.41. The molecule has 0 aliphatic heterocycles. The van der Waals surface area contributed by atoms with E-state index in [-0.39, 0.29) is 0 Å². The Labute approximate surface area is 99.4 Å². The number of nitrogens with zero attached hydrogens (tertiary/aromatic N) is 3. The maximum absolute atomic E-state index is 4.30. The maximum atomic E-state index is 4.30. The average Bonchev–Trinajstić information content (AvgIpc) is 2.87. The second kappa shape index (κ2) is 5.10. The number of hydrogen-bond donors (Lipinski definition) is 0. The summed E-state index contributed by atoms with van der Waals surface area (Å²) in [7, 11) is 0. The first-order chi connectivity index (χ1) is 7.35. The lowest BCUT2D eigenvalue weighted by molar-refractivity contribution is 0.510. The van der Waals surface area contributed by atoms with Gasteiger partial charge in [-0.25, -0.2) is 0 Å². The van der Waals surface area contributed by atoms with Crippen LogP contribution in [0.5, 0.6) is 0 Å². The van der Waals surface area contributed by atoms with Gasteiger partial charge in [0.1, 0.15) is 11.6 Å². The van der Waals surface area contributed by atoms with Crippen LogP contribution < -0.4 is 0 Å². The minimum absolute atomic E-state index is 0.804. The van der Waals surface area contributed by atoms with Gasteiger partial charge in [0.15, 0.2) is 0 Å². The molecule has 0 atom stereocenters. The average molecular weight is 272 g/mol. The predicted octanol–water partition coefficient (Wildman–Crippen LogP) is 2.93. The van der Waals surface area contributed by atoms with Crippen molar-refractivity contribution < 1.29 is 0 Å². The van der Waals surface area contributed by atoms with Crippen molar-refractivity contribution in [2.45, 2.75) is 50.9 Å². The highest BCUT2D eigenvalue weighted by Crippen LogP contribution is 2.27. The molecule has 3 nitrogen and oxygen atoms in total. The van der Waals surface area contributed by atoms with Crippen LogP contribution in [0.3, 0.4) is 0 Å². The molecule has 0 saturated heterocycles. The zero-order valence-electron chi connectivity index (χ0n) is 9.25. The quantitative estimate of drug-likeness (QED) is 0.789. The standard InChI is InChI=1S/C11H18BrN3/c1-2-15-10(13-14-11(15)8-12)7-9-5-3-4-6-9/h9H,2-8H2,1H3. The van der Waals surface area contributed by atoms with Gasteiger partial charge in [0, 0.05) is 13.0 Å². The summed E-state index contributed by atoms with van der Waals surface area (Å²) in [5, 5.41) is 9.32. The van der Waals surface area contributed by atoms with Gasteiger partial charge in [-0.05, 0) is 12.8 Å². The minimum atomic E-state index is 0.804. The van der Waals surface area contributed by atoms with Gasteiger partial charge in [-0.1, -0.05) is 41.6 Å². The Kier molecular flexibility index (Phi) is 3.78. The molecule has 0 bridgehead atoms. The number of halogens is 1. The Morgan fingerprint density at radius 2 is 1.93 bits per heavy atom. The van der Waals surface area contributed by atoms with E-state index in [0.29, 0.717) is 0 Å². The molecule has 1 saturated carbocycles. The number of aromatic nitrogens is 3. The summed E-state index contributed by atoms with van der Waals surface area (Å²) < 4.78 is 2.24. The van der Waals surface area contributed by atoms with Crippen LogP contribution in [-0.2, 0) is 18.3 Å². The first-order valence-electron chi connectivity index (χ1n) is 5.82. The first kappa shape index (κ1) is 11.1. The smallest absolute Gasteiger partial charge is 0.143 e. The van der Waals surface area contributed by atoms with E-state index in [1.54, 1.807) is 0 Å². The lowest BCUT2D eigenvalue weighted by atomic mass is 10.0. The Balaban J connectivity index is 2.09. The van der Waals surface area contributed by atoms with Crippen molar-refractivity contribution in [1.82, 2.24) is 14.8 Å². The summed E-state index contributed by atoms with van der Waals surface area (Å²) >= 11 is 3.45. The van der Waals surface area contributed by atoms with Crippen LogP contribution in [0, 0.1) is 5.92 Å². The van der Waals surface area contributed by atoms with E-state index in [1.807, 2.05) is 0 Å². The van der Waals surface area contributed by atoms with Gasteiger partial charge < -0.3 is 4.57 Å². The van der Waals surface area contributed by atoms with Gasteiger partial charge in [0.05, 0.1) is 5.33 Å². The van der Waals surface area contributed by atoms with Crippen LogP contribution in [0.15, 0.2) is 0 Å². The van der Waals surface area contributed by atoms with Crippen LogP contribution in [-0.4, -0.2) is 14.8 Å². The fourth-order valence-electron chi connectivity index (χ4n) is 2.46. The molecule has 0 aromatic carbocycles. The third-order valence-corrected chi connectivity index (χ3v) is 3.79. The van der Waals surface area contributed by atoms with Gasteiger partial charge in [-0.15, -0.1) is 10.2 Å². The fourth-order valence-corrected chi connectivity index (χ4v) is 2.87. The molecule has 1 aromatic rings. The zero-order chi connectivity index (χ0) is 10.7. The normalized spacial score (nSPS) is 17.5. The molecule has 4 heteroatoms. The highest BCUT2D eigenvalue weighted by atomic mass is 79.9. The van der Waals surface area contributed by atoms with Crippen LogP contribution in [0.25, 0.3) is 0 Å². The highest BCUT2D eigenvalue weighted by Gasteiger charge is 2.19. The molecular formula is C11H18BrN3. The van der Waals surface area contributed by atoms with Crippen molar-refractivity contribution in [3.63, 3.8) is 0 Å². The second-order valence-corrected chi connectivity index (χ2v) is 4.83. The molecule has 2 rings (SSSR count).